The van der Waals surface area contributed by atoms with Crippen LogP contribution in [0.25, 0.3) is 22.3 Å². The van der Waals surface area contributed by atoms with Crippen LogP contribution < -0.4 is 15.4 Å². The Morgan fingerprint density at radius 1 is 1.15 bits per heavy atom. The van der Waals surface area contributed by atoms with Gasteiger partial charge in [0.1, 0.15) is 11.6 Å². The first-order valence-electron chi connectivity index (χ1n) is 10.5. The van der Waals surface area contributed by atoms with Crippen molar-refractivity contribution >= 4 is 40.1 Å². The summed E-state index contributed by atoms with van der Waals surface area (Å²) in [5.74, 6) is 1.63. The molecule has 9 heteroatoms. The lowest BCUT2D eigenvalue weighted by atomic mass is 10.1. The number of benzene rings is 2. The summed E-state index contributed by atoms with van der Waals surface area (Å²) >= 11 is 1.66. The molecule has 2 aromatic heterocycles. The lowest BCUT2D eigenvalue weighted by Gasteiger charge is -2.20. The Balaban J connectivity index is 1.65. The molecule has 0 saturated heterocycles. The molecule has 170 valence electrons. The minimum atomic E-state index is -0.310. The van der Waals surface area contributed by atoms with Gasteiger partial charge >= 0.3 is 0 Å². The van der Waals surface area contributed by atoms with Crippen molar-refractivity contribution in [1.82, 2.24) is 25.5 Å². The van der Waals surface area contributed by atoms with E-state index in [1.165, 1.54) is 0 Å². The molecule has 1 amide bonds. The van der Waals surface area contributed by atoms with Crippen molar-refractivity contribution in [1.29, 1.82) is 0 Å². The molecule has 2 heterocycles. The van der Waals surface area contributed by atoms with E-state index in [0.29, 0.717) is 17.4 Å². The number of anilines is 2. The van der Waals surface area contributed by atoms with Crippen LogP contribution in [0.5, 0.6) is 5.75 Å². The van der Waals surface area contributed by atoms with Gasteiger partial charge in [-0.3, -0.25) is 9.89 Å². The summed E-state index contributed by atoms with van der Waals surface area (Å²) < 4.78 is 5.71. The lowest BCUT2D eigenvalue weighted by molar-refractivity contribution is -0.124. The number of fused-ring (bicyclic) bond motifs is 1. The highest BCUT2D eigenvalue weighted by Gasteiger charge is 2.15. The van der Waals surface area contributed by atoms with Crippen molar-refractivity contribution in [2.24, 2.45) is 0 Å². The van der Waals surface area contributed by atoms with Gasteiger partial charge in [-0.05, 0) is 57.4 Å². The molecule has 4 rings (SSSR count). The Morgan fingerprint density at radius 2 is 2.00 bits per heavy atom. The zero-order valence-corrected chi connectivity index (χ0v) is 19.8. The molecular formula is C24H26N6O2S. The maximum atomic E-state index is 12.1. The first kappa shape index (κ1) is 22.6. The second-order valence-electron chi connectivity index (χ2n) is 8.51. The highest BCUT2D eigenvalue weighted by Crippen LogP contribution is 2.31. The van der Waals surface area contributed by atoms with Crippen molar-refractivity contribution < 1.29 is 9.53 Å². The molecule has 0 aliphatic carbocycles. The average Bonchev–Trinajstić information content (AvgIpc) is 3.29. The number of aromatic nitrogens is 4. The second kappa shape index (κ2) is 9.50. The monoisotopic (exact) mass is 462 g/mol. The maximum absolute atomic E-state index is 12.1. The van der Waals surface area contributed by atoms with Gasteiger partial charge in [-0.2, -0.15) is 5.10 Å². The number of nitrogens with zero attached hydrogens (tertiary/aromatic N) is 3. The summed E-state index contributed by atoms with van der Waals surface area (Å²) in [6.45, 7) is 5.73. The standard InChI is InChI=1S/C24H26N6O2S/c1-24(2,3)30-21(31)14-32-17-7-5-6-15(10-17)22-28-20-9-8-18(33-4)11-19(20)23(29-22)27-16-12-25-26-13-16/h5-13H,14H2,1-4H3,(H,25,26)(H,30,31)(H,27,28,29). The quantitative estimate of drug-likeness (QED) is 0.340. The number of hydrogen-bond acceptors (Lipinski definition) is 7. The fourth-order valence-electron chi connectivity index (χ4n) is 3.24. The number of carbonyl (C=O) groups is 1. The summed E-state index contributed by atoms with van der Waals surface area (Å²) in [5.41, 5.74) is 2.10. The minimum Gasteiger partial charge on any atom is -0.484 e. The van der Waals surface area contributed by atoms with E-state index in [1.54, 1.807) is 24.2 Å². The molecule has 0 atom stereocenters. The van der Waals surface area contributed by atoms with Crippen LogP contribution in [-0.4, -0.2) is 44.5 Å². The van der Waals surface area contributed by atoms with Crippen LogP contribution in [0.4, 0.5) is 11.5 Å². The van der Waals surface area contributed by atoms with E-state index in [0.717, 1.165) is 27.0 Å². The van der Waals surface area contributed by atoms with Crippen molar-refractivity contribution in [3.05, 3.63) is 54.9 Å². The average molecular weight is 463 g/mol. The van der Waals surface area contributed by atoms with Gasteiger partial charge in [0.15, 0.2) is 12.4 Å². The smallest absolute Gasteiger partial charge is 0.258 e. The van der Waals surface area contributed by atoms with E-state index >= 15 is 0 Å². The predicted octanol–water partition coefficient (Wildman–Crippen LogP) is 4.78. The van der Waals surface area contributed by atoms with Crippen molar-refractivity contribution in [2.75, 3.05) is 18.2 Å². The molecular weight excluding hydrogens is 436 g/mol. The topological polar surface area (TPSA) is 105 Å². The van der Waals surface area contributed by atoms with E-state index in [2.05, 4.69) is 26.9 Å². The van der Waals surface area contributed by atoms with E-state index in [4.69, 9.17) is 14.7 Å². The number of thioether (sulfide) groups is 1. The Kier molecular flexibility index (Phi) is 6.50. The minimum absolute atomic E-state index is 0.0654. The van der Waals surface area contributed by atoms with Gasteiger partial charge < -0.3 is 15.4 Å². The van der Waals surface area contributed by atoms with Crippen molar-refractivity contribution in [2.45, 2.75) is 31.2 Å². The molecule has 4 aromatic rings. The predicted molar refractivity (Wildman–Crippen MR) is 132 cm³/mol. The zero-order chi connectivity index (χ0) is 23.4. The maximum Gasteiger partial charge on any atom is 0.258 e. The molecule has 33 heavy (non-hydrogen) atoms. The fourth-order valence-corrected chi connectivity index (χ4v) is 3.68. The van der Waals surface area contributed by atoms with Crippen LogP contribution in [0.3, 0.4) is 0 Å². The van der Waals surface area contributed by atoms with Crippen molar-refractivity contribution in [3.8, 4) is 17.1 Å². The van der Waals surface area contributed by atoms with Gasteiger partial charge in [0.2, 0.25) is 0 Å². The Morgan fingerprint density at radius 3 is 2.73 bits per heavy atom. The third-order valence-corrected chi connectivity index (χ3v) is 5.37. The molecule has 0 fully saturated rings. The van der Waals surface area contributed by atoms with Crippen LogP contribution in [0, 0.1) is 0 Å². The van der Waals surface area contributed by atoms with Gasteiger partial charge in [0.25, 0.3) is 5.91 Å². The molecule has 0 unspecified atom stereocenters. The SMILES string of the molecule is CSc1ccc2nc(-c3cccc(OCC(=O)NC(C)(C)C)c3)nc(Nc3cn[nH]c3)c2c1. The number of aromatic amines is 1. The molecule has 0 saturated carbocycles. The van der Waals surface area contributed by atoms with Crippen LogP contribution in [-0.2, 0) is 4.79 Å². The number of rotatable bonds is 7. The highest BCUT2D eigenvalue weighted by molar-refractivity contribution is 7.98. The van der Waals surface area contributed by atoms with Gasteiger partial charge in [-0.15, -0.1) is 11.8 Å². The number of hydrogen-bond donors (Lipinski definition) is 3. The van der Waals surface area contributed by atoms with Crippen LogP contribution in [0.2, 0.25) is 0 Å². The lowest BCUT2D eigenvalue weighted by Crippen LogP contribution is -2.43. The van der Waals surface area contributed by atoms with E-state index in [9.17, 15) is 4.79 Å². The van der Waals surface area contributed by atoms with Crippen molar-refractivity contribution in [3.63, 3.8) is 0 Å². The summed E-state index contributed by atoms with van der Waals surface area (Å²) in [5, 5.41) is 13.9. The number of nitrogens with one attached hydrogen (secondary N) is 3. The zero-order valence-electron chi connectivity index (χ0n) is 19.0. The van der Waals surface area contributed by atoms with E-state index in [1.807, 2.05) is 63.4 Å². The molecule has 0 spiro atoms. The first-order chi connectivity index (χ1) is 15.8. The Labute approximate surface area is 196 Å². The van der Waals surface area contributed by atoms with Crippen LogP contribution in [0.15, 0.2) is 59.8 Å². The molecule has 3 N–H and O–H groups in total. The summed E-state index contributed by atoms with van der Waals surface area (Å²) in [4.78, 5) is 22.8. The van der Waals surface area contributed by atoms with Gasteiger partial charge in [-0.25, -0.2) is 9.97 Å². The summed E-state index contributed by atoms with van der Waals surface area (Å²) in [7, 11) is 0. The molecule has 0 radical (unpaired) electrons. The summed E-state index contributed by atoms with van der Waals surface area (Å²) in [6, 6.07) is 13.5. The van der Waals surface area contributed by atoms with Gasteiger partial charge in [0, 0.05) is 27.6 Å². The second-order valence-corrected chi connectivity index (χ2v) is 9.39. The Bertz CT molecular complexity index is 1270. The molecule has 0 bridgehead atoms. The third kappa shape index (κ3) is 5.81. The van der Waals surface area contributed by atoms with Gasteiger partial charge in [0.05, 0.1) is 17.4 Å². The largest absolute Gasteiger partial charge is 0.484 e. The van der Waals surface area contributed by atoms with Gasteiger partial charge in [-0.1, -0.05) is 12.1 Å². The van der Waals surface area contributed by atoms with E-state index in [-0.39, 0.29) is 18.1 Å². The normalized spacial score (nSPS) is 11.4. The number of H-pyrrole nitrogens is 1. The fraction of sp³-hybridized carbons (Fsp3) is 0.250. The molecule has 0 aliphatic rings. The number of carbonyl (C=O) groups excluding carboxylic acids is 1. The number of amides is 1. The molecule has 2 aromatic carbocycles. The molecule has 0 aliphatic heterocycles. The third-order valence-electron chi connectivity index (χ3n) is 4.64. The van der Waals surface area contributed by atoms with Crippen LogP contribution in [0.1, 0.15) is 20.8 Å². The Hall–Kier alpha value is -3.59. The number of ether oxygens (including phenoxy) is 1. The van der Waals surface area contributed by atoms with Crippen LogP contribution >= 0.6 is 11.8 Å². The summed E-state index contributed by atoms with van der Waals surface area (Å²) in [6.07, 6.45) is 5.50. The first-order valence-corrected chi connectivity index (χ1v) is 11.7. The molecule has 8 nitrogen and oxygen atoms in total. The van der Waals surface area contributed by atoms with E-state index < -0.39 is 0 Å². The highest BCUT2D eigenvalue weighted by atomic mass is 32.2.